The van der Waals surface area contributed by atoms with Gasteiger partial charge in [0.2, 0.25) is 5.16 Å². The Morgan fingerprint density at radius 2 is 1.90 bits per heavy atom. The molecule has 3 rings (SSSR count). The van der Waals surface area contributed by atoms with Crippen molar-refractivity contribution in [2.75, 3.05) is 0 Å². The second-order valence-corrected chi connectivity index (χ2v) is 5.63. The van der Waals surface area contributed by atoms with Gasteiger partial charge in [0.25, 0.3) is 0 Å². The van der Waals surface area contributed by atoms with Gasteiger partial charge in [-0.1, -0.05) is 41.9 Å². The molecule has 21 heavy (non-hydrogen) atoms. The monoisotopic (exact) mass is 317 g/mol. The highest BCUT2D eigenvalue weighted by molar-refractivity contribution is 7.99. The molecule has 1 aromatic heterocycles. The Balaban J connectivity index is 1.99. The van der Waals surface area contributed by atoms with Crippen LogP contribution >= 0.6 is 23.4 Å². The van der Waals surface area contributed by atoms with Gasteiger partial charge in [0, 0.05) is 11.4 Å². The summed E-state index contributed by atoms with van der Waals surface area (Å²) < 4.78 is 1.67. The summed E-state index contributed by atoms with van der Waals surface area (Å²) in [5, 5.41) is 13.1. The van der Waals surface area contributed by atoms with Gasteiger partial charge < -0.3 is 5.73 Å². The Labute approximate surface area is 131 Å². The molecule has 3 aromatic rings. The summed E-state index contributed by atoms with van der Waals surface area (Å²) in [7, 11) is 0. The Kier molecular flexibility index (Phi) is 4.19. The summed E-state index contributed by atoms with van der Waals surface area (Å²) in [6.07, 6.45) is 0. The lowest BCUT2D eigenvalue weighted by molar-refractivity contribution is 0.756. The lowest BCUT2D eigenvalue weighted by atomic mass is 10.2. The summed E-state index contributed by atoms with van der Waals surface area (Å²) in [5.41, 5.74) is 7.63. The zero-order valence-corrected chi connectivity index (χ0v) is 12.6. The van der Waals surface area contributed by atoms with Crippen molar-refractivity contribution >= 4 is 23.4 Å². The van der Waals surface area contributed by atoms with Crippen molar-refractivity contribution in [2.45, 2.75) is 16.6 Å². The highest BCUT2D eigenvalue weighted by Crippen LogP contribution is 2.35. The van der Waals surface area contributed by atoms with Crippen molar-refractivity contribution in [1.82, 2.24) is 20.2 Å². The largest absolute Gasteiger partial charge is 0.326 e. The fourth-order valence-electron chi connectivity index (χ4n) is 1.89. The molecule has 1 heterocycles. The summed E-state index contributed by atoms with van der Waals surface area (Å²) in [6, 6.07) is 15.4. The van der Waals surface area contributed by atoms with Crippen LogP contribution in [0.1, 0.15) is 5.56 Å². The maximum atomic E-state index is 6.27. The lowest BCUT2D eigenvalue weighted by Gasteiger charge is -2.09. The minimum absolute atomic E-state index is 0.412. The highest BCUT2D eigenvalue weighted by atomic mass is 35.5. The molecule has 2 N–H and O–H groups in total. The second-order valence-electron chi connectivity index (χ2n) is 4.24. The molecule has 0 spiro atoms. The van der Waals surface area contributed by atoms with Gasteiger partial charge in [-0.25, -0.2) is 0 Å². The smallest absolute Gasteiger partial charge is 0.218 e. The fraction of sp³-hybridized carbons (Fsp3) is 0.0714. The van der Waals surface area contributed by atoms with Crippen LogP contribution in [-0.2, 0) is 6.54 Å². The van der Waals surface area contributed by atoms with Crippen LogP contribution < -0.4 is 5.73 Å². The topological polar surface area (TPSA) is 69.6 Å². The van der Waals surface area contributed by atoms with Crippen LogP contribution in [-0.4, -0.2) is 20.2 Å². The lowest BCUT2D eigenvalue weighted by Crippen LogP contribution is -2.01. The molecule has 106 valence electrons. The minimum Gasteiger partial charge on any atom is -0.326 e. The average molecular weight is 318 g/mol. The van der Waals surface area contributed by atoms with Crippen LogP contribution in [0.15, 0.2) is 58.6 Å². The maximum absolute atomic E-state index is 6.27. The number of para-hydroxylation sites is 1. The van der Waals surface area contributed by atoms with Gasteiger partial charge in [0.1, 0.15) is 0 Å². The van der Waals surface area contributed by atoms with E-state index in [1.165, 1.54) is 11.8 Å². The first kappa shape index (κ1) is 14.1. The minimum atomic E-state index is 0.412. The van der Waals surface area contributed by atoms with E-state index in [-0.39, 0.29) is 0 Å². The molecule has 5 nitrogen and oxygen atoms in total. The van der Waals surface area contributed by atoms with Crippen molar-refractivity contribution in [3.8, 4) is 5.69 Å². The third kappa shape index (κ3) is 2.92. The summed E-state index contributed by atoms with van der Waals surface area (Å²) in [6.45, 7) is 0.412. The Morgan fingerprint density at radius 3 is 2.67 bits per heavy atom. The standard InChI is InChI=1S/C14H12ClN5S/c15-12-8-4-5-10(9-16)13(12)21-14-17-18-19-20(14)11-6-2-1-3-7-11/h1-8H,9,16H2. The number of hydrogen-bond acceptors (Lipinski definition) is 5. The van der Waals surface area contributed by atoms with E-state index in [4.69, 9.17) is 17.3 Å². The number of hydrogen-bond donors (Lipinski definition) is 1. The van der Waals surface area contributed by atoms with Gasteiger partial charge in [-0.15, -0.1) is 5.10 Å². The molecule has 7 heteroatoms. The molecule has 0 aliphatic carbocycles. The predicted octanol–water partition coefficient (Wildman–Crippen LogP) is 2.93. The maximum Gasteiger partial charge on any atom is 0.218 e. The number of tetrazole rings is 1. The number of aromatic nitrogens is 4. The number of nitrogens with zero attached hydrogens (tertiary/aromatic N) is 4. The van der Waals surface area contributed by atoms with E-state index in [9.17, 15) is 0 Å². The third-order valence-electron chi connectivity index (χ3n) is 2.90. The van der Waals surface area contributed by atoms with Crippen LogP contribution in [0.25, 0.3) is 5.69 Å². The molecule has 0 radical (unpaired) electrons. The average Bonchev–Trinajstić information content (AvgIpc) is 2.98. The predicted molar refractivity (Wildman–Crippen MR) is 82.6 cm³/mol. The molecule has 0 atom stereocenters. The van der Waals surface area contributed by atoms with Gasteiger partial charge in [-0.2, -0.15) is 4.68 Å². The van der Waals surface area contributed by atoms with Gasteiger partial charge >= 0.3 is 0 Å². The van der Waals surface area contributed by atoms with E-state index in [0.29, 0.717) is 16.7 Å². The first-order valence-corrected chi connectivity index (χ1v) is 7.48. The van der Waals surface area contributed by atoms with E-state index in [1.807, 2.05) is 48.5 Å². The van der Waals surface area contributed by atoms with E-state index >= 15 is 0 Å². The van der Waals surface area contributed by atoms with E-state index < -0.39 is 0 Å². The zero-order valence-electron chi connectivity index (χ0n) is 11.0. The van der Waals surface area contributed by atoms with E-state index in [0.717, 1.165) is 16.1 Å². The van der Waals surface area contributed by atoms with Crippen LogP contribution in [0.4, 0.5) is 0 Å². The van der Waals surface area contributed by atoms with Crippen molar-refractivity contribution < 1.29 is 0 Å². The Bertz CT molecular complexity index is 744. The third-order valence-corrected chi connectivity index (χ3v) is 4.45. The summed E-state index contributed by atoms with van der Waals surface area (Å²) >= 11 is 7.68. The molecule has 0 saturated carbocycles. The fourth-order valence-corrected chi connectivity index (χ4v) is 3.14. The molecule has 0 unspecified atom stereocenters. The van der Waals surface area contributed by atoms with Crippen molar-refractivity contribution in [3.63, 3.8) is 0 Å². The summed E-state index contributed by atoms with van der Waals surface area (Å²) in [4.78, 5) is 0.883. The van der Waals surface area contributed by atoms with Crippen LogP contribution in [0.5, 0.6) is 0 Å². The number of rotatable bonds is 4. The van der Waals surface area contributed by atoms with Crippen LogP contribution in [0.3, 0.4) is 0 Å². The quantitative estimate of drug-likeness (QED) is 0.801. The molecule has 0 saturated heterocycles. The molecule has 2 aromatic carbocycles. The van der Waals surface area contributed by atoms with Crippen molar-refractivity contribution in [2.24, 2.45) is 5.73 Å². The summed E-state index contributed by atoms with van der Waals surface area (Å²) in [5.74, 6) is 0. The number of nitrogens with two attached hydrogens (primary N) is 1. The van der Waals surface area contributed by atoms with Gasteiger partial charge in [0.05, 0.1) is 10.7 Å². The molecule has 0 fully saturated rings. The van der Waals surface area contributed by atoms with Gasteiger partial charge in [0.15, 0.2) is 0 Å². The zero-order chi connectivity index (χ0) is 14.7. The molecular formula is C14H12ClN5S. The Hall–Kier alpha value is -1.89. The number of halogens is 1. The van der Waals surface area contributed by atoms with E-state index in [2.05, 4.69) is 15.5 Å². The van der Waals surface area contributed by atoms with Crippen LogP contribution in [0, 0.1) is 0 Å². The molecule has 0 bridgehead atoms. The highest BCUT2D eigenvalue weighted by Gasteiger charge is 2.14. The number of benzene rings is 2. The normalized spacial score (nSPS) is 10.8. The SMILES string of the molecule is NCc1cccc(Cl)c1Sc1nnnn1-c1ccccc1. The van der Waals surface area contributed by atoms with E-state index in [1.54, 1.807) is 4.68 Å². The molecular weight excluding hydrogens is 306 g/mol. The van der Waals surface area contributed by atoms with Gasteiger partial charge in [-0.3, -0.25) is 0 Å². The first-order chi connectivity index (χ1) is 10.3. The second kappa shape index (κ2) is 6.26. The molecule has 0 aliphatic heterocycles. The van der Waals surface area contributed by atoms with Crippen LogP contribution in [0.2, 0.25) is 5.02 Å². The molecule has 0 amide bonds. The van der Waals surface area contributed by atoms with Gasteiger partial charge in [-0.05, 0) is 46.0 Å². The van der Waals surface area contributed by atoms with Crippen molar-refractivity contribution in [1.29, 1.82) is 0 Å². The Morgan fingerprint density at radius 1 is 1.10 bits per heavy atom. The first-order valence-electron chi connectivity index (χ1n) is 6.28. The molecule has 0 aliphatic rings. The van der Waals surface area contributed by atoms with Crippen molar-refractivity contribution in [3.05, 3.63) is 59.1 Å².